The second-order valence-corrected chi connectivity index (χ2v) is 5.87. The van der Waals surface area contributed by atoms with E-state index in [9.17, 15) is 9.59 Å². The molecule has 1 aliphatic rings. The first kappa shape index (κ1) is 15.4. The lowest BCUT2D eigenvalue weighted by Gasteiger charge is -2.09. The lowest BCUT2D eigenvalue weighted by atomic mass is 10.1. The molecule has 0 radical (unpaired) electrons. The van der Waals surface area contributed by atoms with Crippen molar-refractivity contribution in [3.05, 3.63) is 65.2 Å². The molecule has 0 saturated heterocycles. The lowest BCUT2D eigenvalue weighted by Crippen LogP contribution is -2.44. The van der Waals surface area contributed by atoms with Gasteiger partial charge in [-0.3, -0.25) is 10.2 Å². The Morgan fingerprint density at radius 3 is 2.52 bits per heavy atom. The van der Waals surface area contributed by atoms with Crippen molar-refractivity contribution in [1.29, 1.82) is 0 Å². The third-order valence-corrected chi connectivity index (χ3v) is 3.97. The predicted molar refractivity (Wildman–Crippen MR) is 89.0 cm³/mol. The zero-order chi connectivity index (χ0) is 16.2. The van der Waals surface area contributed by atoms with E-state index in [1.54, 1.807) is 24.3 Å². The quantitative estimate of drug-likeness (QED) is 0.756. The standard InChI is InChI=1S/C17H16ClN3O2/c18-12-7-4-8-13(9-12)19-17(23)21-20-16(22)15-10-14(15)11-5-2-1-3-6-11/h1-9,14-15H,10H2,(H,20,22)(H2,19,21,23)/t14-,15-/m0/s1. The van der Waals surface area contributed by atoms with E-state index in [1.807, 2.05) is 30.3 Å². The first-order chi connectivity index (χ1) is 11.1. The number of rotatable bonds is 3. The first-order valence-electron chi connectivity index (χ1n) is 7.31. The molecule has 118 valence electrons. The highest BCUT2D eigenvalue weighted by atomic mass is 35.5. The third kappa shape index (κ3) is 4.02. The highest BCUT2D eigenvalue weighted by Crippen LogP contribution is 2.47. The van der Waals surface area contributed by atoms with Crippen LogP contribution in [0.5, 0.6) is 0 Å². The summed E-state index contributed by atoms with van der Waals surface area (Å²) in [6.45, 7) is 0. The molecule has 2 atom stereocenters. The highest BCUT2D eigenvalue weighted by Gasteiger charge is 2.43. The van der Waals surface area contributed by atoms with Crippen LogP contribution < -0.4 is 16.2 Å². The van der Waals surface area contributed by atoms with Crippen molar-refractivity contribution >= 4 is 29.2 Å². The van der Waals surface area contributed by atoms with Gasteiger partial charge >= 0.3 is 6.03 Å². The van der Waals surface area contributed by atoms with Crippen LogP contribution >= 0.6 is 11.6 Å². The van der Waals surface area contributed by atoms with E-state index in [0.717, 1.165) is 12.0 Å². The zero-order valence-corrected chi connectivity index (χ0v) is 13.0. The smallest absolute Gasteiger partial charge is 0.307 e. The number of anilines is 1. The van der Waals surface area contributed by atoms with Crippen LogP contribution in [0, 0.1) is 5.92 Å². The fraction of sp³-hybridized carbons (Fsp3) is 0.176. The molecule has 6 heteroatoms. The number of hydrogen-bond acceptors (Lipinski definition) is 2. The van der Waals surface area contributed by atoms with Crippen LogP contribution in [-0.2, 0) is 4.79 Å². The number of hydrogen-bond donors (Lipinski definition) is 3. The number of hydrazine groups is 1. The Balaban J connectivity index is 1.46. The van der Waals surface area contributed by atoms with Crippen LogP contribution in [0.1, 0.15) is 17.9 Å². The van der Waals surface area contributed by atoms with Crippen LogP contribution in [0.25, 0.3) is 0 Å². The number of amides is 3. The SMILES string of the molecule is O=C(NNC(=O)[C@H]1C[C@H]1c1ccccc1)Nc1cccc(Cl)c1. The number of halogens is 1. The summed E-state index contributed by atoms with van der Waals surface area (Å²) in [5.74, 6) is -0.0436. The number of carbonyl (C=O) groups excluding carboxylic acids is 2. The minimum atomic E-state index is -0.516. The molecule has 23 heavy (non-hydrogen) atoms. The van der Waals surface area contributed by atoms with Gasteiger partial charge in [0.1, 0.15) is 0 Å². The van der Waals surface area contributed by atoms with Gasteiger partial charge in [0.05, 0.1) is 0 Å². The van der Waals surface area contributed by atoms with Gasteiger partial charge in [0.25, 0.3) is 0 Å². The molecule has 5 nitrogen and oxygen atoms in total. The second-order valence-electron chi connectivity index (χ2n) is 5.44. The molecular weight excluding hydrogens is 314 g/mol. The van der Waals surface area contributed by atoms with Gasteiger partial charge in [-0.2, -0.15) is 0 Å². The van der Waals surface area contributed by atoms with Crippen molar-refractivity contribution in [2.45, 2.75) is 12.3 Å². The number of nitrogens with one attached hydrogen (secondary N) is 3. The summed E-state index contributed by atoms with van der Waals surface area (Å²) in [5.41, 5.74) is 6.50. The molecule has 1 aliphatic carbocycles. The molecule has 0 unspecified atom stereocenters. The molecule has 3 N–H and O–H groups in total. The van der Waals surface area contributed by atoms with Gasteiger partial charge in [-0.25, -0.2) is 10.2 Å². The summed E-state index contributed by atoms with van der Waals surface area (Å²) in [6, 6.07) is 16.1. The van der Waals surface area contributed by atoms with E-state index in [0.29, 0.717) is 10.7 Å². The average molecular weight is 330 g/mol. The third-order valence-electron chi connectivity index (χ3n) is 3.74. The van der Waals surface area contributed by atoms with Crippen LogP contribution in [0.15, 0.2) is 54.6 Å². The minimum absolute atomic E-state index is 0.0936. The fourth-order valence-electron chi connectivity index (χ4n) is 2.49. The molecule has 1 fully saturated rings. The van der Waals surface area contributed by atoms with Crippen molar-refractivity contribution in [3.63, 3.8) is 0 Å². The normalized spacial score (nSPS) is 18.8. The van der Waals surface area contributed by atoms with Gasteiger partial charge in [0, 0.05) is 16.6 Å². The summed E-state index contributed by atoms with van der Waals surface area (Å²) >= 11 is 5.84. The van der Waals surface area contributed by atoms with Crippen molar-refractivity contribution in [3.8, 4) is 0 Å². The summed E-state index contributed by atoms with van der Waals surface area (Å²) in [6.07, 6.45) is 0.799. The van der Waals surface area contributed by atoms with Crippen molar-refractivity contribution in [2.24, 2.45) is 5.92 Å². The van der Waals surface area contributed by atoms with Gasteiger partial charge in [-0.15, -0.1) is 0 Å². The molecule has 3 amide bonds. The Morgan fingerprint density at radius 1 is 1.00 bits per heavy atom. The van der Waals surface area contributed by atoms with Crippen LogP contribution in [0.3, 0.4) is 0 Å². The topological polar surface area (TPSA) is 70.2 Å². The van der Waals surface area contributed by atoms with E-state index in [4.69, 9.17) is 11.6 Å². The van der Waals surface area contributed by atoms with E-state index in [2.05, 4.69) is 16.2 Å². The minimum Gasteiger partial charge on any atom is -0.307 e. The fourth-order valence-corrected chi connectivity index (χ4v) is 2.68. The Labute approximate surface area is 139 Å². The Kier molecular flexibility index (Phi) is 4.48. The van der Waals surface area contributed by atoms with Gasteiger partial charge in [0.15, 0.2) is 0 Å². The van der Waals surface area contributed by atoms with Crippen LogP contribution in [0.4, 0.5) is 10.5 Å². The Morgan fingerprint density at radius 2 is 1.78 bits per heavy atom. The van der Waals surface area contributed by atoms with Crippen LogP contribution in [-0.4, -0.2) is 11.9 Å². The maximum absolute atomic E-state index is 12.0. The molecule has 3 rings (SSSR count). The Bertz CT molecular complexity index is 721. The number of benzene rings is 2. The van der Waals surface area contributed by atoms with E-state index < -0.39 is 6.03 Å². The maximum atomic E-state index is 12.0. The Hall–Kier alpha value is -2.53. The van der Waals surface area contributed by atoms with Crippen molar-refractivity contribution < 1.29 is 9.59 Å². The lowest BCUT2D eigenvalue weighted by molar-refractivity contribution is -0.123. The van der Waals surface area contributed by atoms with Gasteiger partial charge in [-0.05, 0) is 36.1 Å². The summed E-state index contributed by atoms with van der Waals surface area (Å²) in [4.78, 5) is 23.8. The molecule has 2 aromatic carbocycles. The average Bonchev–Trinajstić information content (AvgIpc) is 3.34. The first-order valence-corrected chi connectivity index (χ1v) is 7.68. The maximum Gasteiger partial charge on any atom is 0.337 e. The summed E-state index contributed by atoms with van der Waals surface area (Å²) in [7, 11) is 0. The molecule has 0 spiro atoms. The molecule has 0 bridgehead atoms. The van der Waals surface area contributed by atoms with Crippen LogP contribution in [0.2, 0.25) is 5.02 Å². The molecule has 0 aliphatic heterocycles. The van der Waals surface area contributed by atoms with Gasteiger partial charge < -0.3 is 5.32 Å². The molecule has 1 saturated carbocycles. The molecule has 0 heterocycles. The molecular formula is C17H16ClN3O2. The van der Waals surface area contributed by atoms with Crippen molar-refractivity contribution in [1.82, 2.24) is 10.9 Å². The largest absolute Gasteiger partial charge is 0.337 e. The molecule has 2 aromatic rings. The van der Waals surface area contributed by atoms with E-state index in [-0.39, 0.29) is 17.7 Å². The number of carbonyl (C=O) groups is 2. The van der Waals surface area contributed by atoms with Crippen molar-refractivity contribution in [2.75, 3.05) is 5.32 Å². The monoisotopic (exact) mass is 329 g/mol. The second kappa shape index (κ2) is 6.71. The van der Waals surface area contributed by atoms with E-state index in [1.165, 1.54) is 0 Å². The summed E-state index contributed by atoms with van der Waals surface area (Å²) in [5, 5.41) is 3.11. The summed E-state index contributed by atoms with van der Waals surface area (Å²) < 4.78 is 0. The highest BCUT2D eigenvalue weighted by molar-refractivity contribution is 6.30. The van der Waals surface area contributed by atoms with Gasteiger partial charge in [-0.1, -0.05) is 48.0 Å². The van der Waals surface area contributed by atoms with Gasteiger partial charge in [0.2, 0.25) is 5.91 Å². The van der Waals surface area contributed by atoms with E-state index >= 15 is 0 Å². The number of urea groups is 1. The molecule has 0 aromatic heterocycles. The predicted octanol–water partition coefficient (Wildman–Crippen LogP) is 3.30. The zero-order valence-electron chi connectivity index (χ0n) is 12.3.